The van der Waals surface area contributed by atoms with Gasteiger partial charge in [0, 0.05) is 40.9 Å². The van der Waals surface area contributed by atoms with Crippen LogP contribution in [0.5, 0.6) is 5.75 Å². The second-order valence-corrected chi connectivity index (χ2v) is 8.32. The number of aromatic hydroxyl groups is 1. The first-order chi connectivity index (χ1) is 14.0. The summed E-state index contributed by atoms with van der Waals surface area (Å²) in [6.45, 7) is 4.68. The van der Waals surface area contributed by atoms with Crippen molar-refractivity contribution in [1.29, 1.82) is 0 Å². The number of benzene rings is 2. The van der Waals surface area contributed by atoms with E-state index in [2.05, 4.69) is 15.9 Å². The Morgan fingerprint density at radius 3 is 2.59 bits per heavy atom. The molecule has 0 atom stereocenters. The highest BCUT2D eigenvalue weighted by Gasteiger charge is 2.27. The molecule has 0 spiro atoms. The van der Waals surface area contributed by atoms with Crippen LogP contribution >= 0.6 is 27.7 Å². The van der Waals surface area contributed by atoms with Crippen molar-refractivity contribution in [3.05, 3.63) is 57.7 Å². The van der Waals surface area contributed by atoms with Crippen molar-refractivity contribution < 1.29 is 19.4 Å². The Kier molecular flexibility index (Phi) is 7.27. The Balaban J connectivity index is 2.19. The van der Waals surface area contributed by atoms with Crippen LogP contribution < -0.4 is 0 Å². The molecule has 3 aromatic rings. The molecule has 0 fully saturated rings. The minimum atomic E-state index is -0.388. The zero-order valence-electron chi connectivity index (χ0n) is 16.7. The van der Waals surface area contributed by atoms with Crippen molar-refractivity contribution in [3.8, 4) is 5.75 Å². The molecule has 0 aliphatic carbocycles. The third-order valence-electron chi connectivity index (χ3n) is 4.69. The number of nitrogens with zero attached hydrogens (tertiary/aromatic N) is 1. The van der Waals surface area contributed by atoms with E-state index < -0.39 is 0 Å². The van der Waals surface area contributed by atoms with Gasteiger partial charge in [-0.05, 0) is 48.0 Å². The minimum Gasteiger partial charge on any atom is -0.506 e. The molecule has 0 amide bonds. The Morgan fingerprint density at radius 1 is 1.21 bits per heavy atom. The quantitative estimate of drug-likeness (QED) is 0.335. The molecule has 0 aliphatic rings. The van der Waals surface area contributed by atoms with Crippen LogP contribution in [0.4, 0.5) is 0 Å². The average molecular weight is 478 g/mol. The number of carbonyl (C=O) groups is 1. The molecule has 5 nitrogen and oxygen atoms in total. The van der Waals surface area contributed by atoms with Crippen molar-refractivity contribution in [1.82, 2.24) is 4.57 Å². The molecule has 3 rings (SSSR count). The molecule has 0 bridgehead atoms. The predicted octanol–water partition coefficient (Wildman–Crippen LogP) is 5.65. The second kappa shape index (κ2) is 9.69. The monoisotopic (exact) mass is 477 g/mol. The van der Waals surface area contributed by atoms with Gasteiger partial charge in [-0.2, -0.15) is 0 Å². The van der Waals surface area contributed by atoms with Gasteiger partial charge in [0.25, 0.3) is 0 Å². The average Bonchev–Trinajstić information content (AvgIpc) is 2.99. The van der Waals surface area contributed by atoms with E-state index in [1.165, 1.54) is 0 Å². The number of aromatic nitrogens is 1. The molecule has 1 aromatic heterocycles. The summed E-state index contributed by atoms with van der Waals surface area (Å²) in [6.07, 6.45) is 0. The molecule has 1 heterocycles. The van der Waals surface area contributed by atoms with E-state index in [4.69, 9.17) is 9.47 Å². The van der Waals surface area contributed by atoms with Crippen molar-refractivity contribution in [3.63, 3.8) is 0 Å². The van der Waals surface area contributed by atoms with E-state index in [-0.39, 0.29) is 24.9 Å². The molecule has 29 heavy (non-hydrogen) atoms. The SMILES string of the molecule is CCOCc1c(O)c(Br)cc2c1c(C(=O)OCC)c(CSc1ccccc1)n2C. The van der Waals surface area contributed by atoms with Crippen LogP contribution in [0.3, 0.4) is 0 Å². The van der Waals surface area contributed by atoms with E-state index in [1.54, 1.807) is 18.7 Å². The van der Waals surface area contributed by atoms with Crippen LogP contribution in [0.2, 0.25) is 0 Å². The Morgan fingerprint density at radius 2 is 1.93 bits per heavy atom. The minimum absolute atomic E-state index is 0.0874. The maximum Gasteiger partial charge on any atom is 0.340 e. The molecule has 154 valence electrons. The lowest BCUT2D eigenvalue weighted by Gasteiger charge is -2.11. The summed E-state index contributed by atoms with van der Waals surface area (Å²) in [7, 11) is 1.93. The fourth-order valence-electron chi connectivity index (χ4n) is 3.28. The summed E-state index contributed by atoms with van der Waals surface area (Å²) >= 11 is 5.08. The molecule has 0 radical (unpaired) electrons. The zero-order chi connectivity index (χ0) is 21.0. The van der Waals surface area contributed by atoms with E-state index >= 15 is 0 Å². The van der Waals surface area contributed by atoms with Crippen LogP contribution in [0.1, 0.15) is 35.5 Å². The summed E-state index contributed by atoms with van der Waals surface area (Å²) in [6, 6.07) is 11.9. The molecule has 0 saturated carbocycles. The first kappa shape index (κ1) is 21.7. The Bertz CT molecular complexity index is 1020. The summed E-state index contributed by atoms with van der Waals surface area (Å²) < 4.78 is 13.5. The predicted molar refractivity (Wildman–Crippen MR) is 120 cm³/mol. The lowest BCUT2D eigenvalue weighted by Crippen LogP contribution is -2.09. The summed E-state index contributed by atoms with van der Waals surface area (Å²) in [5, 5.41) is 11.4. The second-order valence-electron chi connectivity index (χ2n) is 6.42. The number of aryl methyl sites for hydroxylation is 1. The van der Waals surface area contributed by atoms with Crippen LogP contribution in [0.25, 0.3) is 10.9 Å². The molecular formula is C22H24BrNO4S. The van der Waals surface area contributed by atoms with E-state index in [0.29, 0.717) is 33.3 Å². The number of ether oxygens (including phenoxy) is 2. The van der Waals surface area contributed by atoms with Gasteiger partial charge in [0.15, 0.2) is 0 Å². The number of hydrogen-bond donors (Lipinski definition) is 1. The van der Waals surface area contributed by atoms with Gasteiger partial charge in [0.2, 0.25) is 0 Å². The van der Waals surface area contributed by atoms with Gasteiger partial charge < -0.3 is 19.1 Å². The van der Waals surface area contributed by atoms with Crippen LogP contribution in [0.15, 0.2) is 45.8 Å². The number of halogens is 1. The fraction of sp³-hybridized carbons (Fsp3) is 0.318. The lowest BCUT2D eigenvalue weighted by molar-refractivity contribution is 0.0527. The van der Waals surface area contributed by atoms with Crippen LogP contribution in [-0.2, 0) is 28.9 Å². The van der Waals surface area contributed by atoms with Crippen molar-refractivity contribution in [2.75, 3.05) is 13.2 Å². The number of hydrogen-bond acceptors (Lipinski definition) is 5. The molecule has 0 aliphatic heterocycles. The number of phenols is 1. The molecular weight excluding hydrogens is 454 g/mol. The van der Waals surface area contributed by atoms with E-state index in [1.807, 2.05) is 54.9 Å². The van der Waals surface area contributed by atoms with E-state index in [9.17, 15) is 9.90 Å². The maximum atomic E-state index is 12.9. The van der Waals surface area contributed by atoms with E-state index in [0.717, 1.165) is 16.1 Å². The normalized spacial score (nSPS) is 11.2. The first-order valence-corrected chi connectivity index (χ1v) is 11.2. The molecule has 7 heteroatoms. The van der Waals surface area contributed by atoms with Crippen molar-refractivity contribution in [2.24, 2.45) is 7.05 Å². The smallest absolute Gasteiger partial charge is 0.340 e. The highest BCUT2D eigenvalue weighted by atomic mass is 79.9. The molecule has 1 N–H and O–H groups in total. The topological polar surface area (TPSA) is 60.7 Å². The summed E-state index contributed by atoms with van der Waals surface area (Å²) in [5.41, 5.74) is 2.77. The molecule has 0 saturated heterocycles. The van der Waals surface area contributed by atoms with Crippen molar-refractivity contribution in [2.45, 2.75) is 31.1 Å². The standard InChI is InChI=1S/C22H24BrNO4S/c1-4-27-12-15-19-17(11-16(23)21(15)25)24(3)18(20(19)22(26)28-5-2)13-29-14-9-7-6-8-10-14/h6-11,25H,4-5,12-13H2,1-3H3. The van der Waals surface area contributed by atoms with Gasteiger partial charge in [0.05, 0.1) is 28.8 Å². The fourth-order valence-corrected chi connectivity index (χ4v) is 4.73. The van der Waals surface area contributed by atoms with Gasteiger partial charge in [-0.3, -0.25) is 0 Å². The van der Waals surface area contributed by atoms with Crippen molar-refractivity contribution >= 4 is 44.6 Å². The largest absolute Gasteiger partial charge is 0.506 e. The highest BCUT2D eigenvalue weighted by molar-refractivity contribution is 9.10. The summed E-state index contributed by atoms with van der Waals surface area (Å²) in [5.74, 6) is 0.293. The third kappa shape index (κ3) is 4.47. The van der Waals surface area contributed by atoms with Gasteiger partial charge in [-0.25, -0.2) is 4.79 Å². The Hall–Kier alpha value is -1.96. The number of carbonyl (C=O) groups excluding carboxylic acids is 1. The highest BCUT2D eigenvalue weighted by Crippen LogP contribution is 2.40. The van der Waals surface area contributed by atoms with Gasteiger partial charge in [-0.15, -0.1) is 11.8 Å². The Labute approximate surface area is 183 Å². The number of fused-ring (bicyclic) bond motifs is 1. The number of esters is 1. The summed E-state index contributed by atoms with van der Waals surface area (Å²) in [4.78, 5) is 14.1. The van der Waals surface area contributed by atoms with Crippen LogP contribution in [0, 0.1) is 0 Å². The number of phenolic OH excluding ortho intramolecular Hbond substituents is 1. The lowest BCUT2D eigenvalue weighted by atomic mass is 10.0. The van der Waals surface area contributed by atoms with Gasteiger partial charge >= 0.3 is 5.97 Å². The van der Waals surface area contributed by atoms with Gasteiger partial charge in [-0.1, -0.05) is 18.2 Å². The molecule has 0 unspecified atom stereocenters. The maximum absolute atomic E-state index is 12.9. The number of thioether (sulfide) groups is 1. The van der Waals surface area contributed by atoms with Gasteiger partial charge in [0.1, 0.15) is 5.75 Å². The first-order valence-electron chi connectivity index (χ1n) is 9.43. The van der Waals surface area contributed by atoms with Crippen LogP contribution in [-0.4, -0.2) is 28.9 Å². The third-order valence-corrected chi connectivity index (χ3v) is 6.31. The molecule has 2 aromatic carbocycles. The zero-order valence-corrected chi connectivity index (χ0v) is 19.1. The number of rotatable bonds is 8.